The fourth-order valence-electron chi connectivity index (χ4n) is 1.68. The van der Waals surface area contributed by atoms with E-state index in [1.807, 2.05) is 19.9 Å². The van der Waals surface area contributed by atoms with E-state index in [0.29, 0.717) is 17.2 Å². The van der Waals surface area contributed by atoms with E-state index in [9.17, 15) is 9.50 Å². The Bertz CT molecular complexity index is 617. The summed E-state index contributed by atoms with van der Waals surface area (Å²) in [6, 6.07) is 7.63. The van der Waals surface area contributed by atoms with Gasteiger partial charge in [0, 0.05) is 17.8 Å². The van der Waals surface area contributed by atoms with Gasteiger partial charge in [-0.3, -0.25) is 0 Å². The Morgan fingerprint density at radius 2 is 2.05 bits per heavy atom. The van der Waals surface area contributed by atoms with Gasteiger partial charge >= 0.3 is 0 Å². The molecule has 20 heavy (non-hydrogen) atoms. The number of hydrogen-bond acceptors (Lipinski definition) is 3. The van der Waals surface area contributed by atoms with Crippen LogP contribution in [0.1, 0.15) is 31.0 Å². The van der Waals surface area contributed by atoms with Crippen molar-refractivity contribution in [2.24, 2.45) is 0 Å². The number of ether oxygens (including phenoxy) is 1. The summed E-state index contributed by atoms with van der Waals surface area (Å²) in [6.45, 7) is 3.89. The lowest BCUT2D eigenvalue weighted by atomic mass is 10.1. The molecule has 106 valence electrons. The number of benzene rings is 1. The number of halogens is 2. The molecule has 1 heterocycles. The van der Waals surface area contributed by atoms with Gasteiger partial charge in [-0.25, -0.2) is 9.37 Å². The Hall–Kier alpha value is -1.65. The van der Waals surface area contributed by atoms with E-state index in [1.54, 1.807) is 12.1 Å². The average Bonchev–Trinajstić information content (AvgIpc) is 2.42. The zero-order valence-corrected chi connectivity index (χ0v) is 12.0. The van der Waals surface area contributed by atoms with Gasteiger partial charge in [0.05, 0.1) is 11.6 Å². The monoisotopic (exact) mass is 295 g/mol. The zero-order valence-electron chi connectivity index (χ0n) is 11.2. The zero-order chi connectivity index (χ0) is 14.7. The first-order valence-corrected chi connectivity index (χ1v) is 6.62. The predicted molar refractivity (Wildman–Crippen MR) is 75.7 cm³/mol. The molecule has 0 aliphatic heterocycles. The second kappa shape index (κ2) is 6.20. The molecule has 0 spiro atoms. The molecule has 1 N–H and O–H groups in total. The summed E-state index contributed by atoms with van der Waals surface area (Å²) in [5.41, 5.74) is 1.51. The predicted octanol–water partition coefficient (Wildman–Crippen LogP) is 4.28. The average molecular weight is 296 g/mol. The van der Waals surface area contributed by atoms with E-state index < -0.39 is 5.82 Å². The fraction of sp³-hybridized carbons (Fsp3) is 0.267. The molecule has 0 saturated heterocycles. The van der Waals surface area contributed by atoms with Crippen molar-refractivity contribution in [3.05, 3.63) is 52.4 Å². The minimum Gasteiger partial charge on any atom is -0.439 e. The highest BCUT2D eigenvalue weighted by Gasteiger charge is 2.09. The Labute approximate surface area is 122 Å². The van der Waals surface area contributed by atoms with Crippen molar-refractivity contribution >= 4 is 11.6 Å². The van der Waals surface area contributed by atoms with Gasteiger partial charge in [-0.05, 0) is 29.7 Å². The van der Waals surface area contributed by atoms with Gasteiger partial charge in [0.1, 0.15) is 11.6 Å². The molecule has 0 aliphatic carbocycles. The topological polar surface area (TPSA) is 42.4 Å². The molecule has 2 aromatic rings. The first kappa shape index (κ1) is 14.8. The lowest BCUT2D eigenvalue weighted by Crippen LogP contribution is -1.99. The number of rotatable bonds is 4. The summed E-state index contributed by atoms with van der Waals surface area (Å²) in [4.78, 5) is 4.34. The SMILES string of the molecule is CC(C)c1cc(CO)cc(Oc2ccc(Cl)c(F)c2)n1. The molecular weight excluding hydrogens is 281 g/mol. The van der Waals surface area contributed by atoms with Crippen LogP contribution < -0.4 is 4.74 Å². The van der Waals surface area contributed by atoms with E-state index in [4.69, 9.17) is 16.3 Å². The summed E-state index contributed by atoms with van der Waals surface area (Å²) in [6.07, 6.45) is 0. The third-order valence-corrected chi connectivity index (χ3v) is 3.08. The molecule has 0 unspecified atom stereocenters. The van der Waals surface area contributed by atoms with Crippen LogP contribution in [0.15, 0.2) is 30.3 Å². The number of aliphatic hydroxyl groups is 1. The number of pyridine rings is 1. The van der Waals surface area contributed by atoms with Gasteiger partial charge in [-0.1, -0.05) is 25.4 Å². The first-order chi connectivity index (χ1) is 9.49. The maximum absolute atomic E-state index is 13.4. The third-order valence-electron chi connectivity index (χ3n) is 2.77. The van der Waals surface area contributed by atoms with Gasteiger partial charge in [0.25, 0.3) is 0 Å². The van der Waals surface area contributed by atoms with Crippen LogP contribution in [-0.2, 0) is 6.61 Å². The van der Waals surface area contributed by atoms with Crippen LogP contribution in [-0.4, -0.2) is 10.1 Å². The third kappa shape index (κ3) is 3.46. The molecule has 0 radical (unpaired) electrons. The maximum atomic E-state index is 13.4. The fourth-order valence-corrected chi connectivity index (χ4v) is 1.80. The highest BCUT2D eigenvalue weighted by Crippen LogP contribution is 2.26. The molecule has 1 aromatic heterocycles. The summed E-state index contributed by atoms with van der Waals surface area (Å²) < 4.78 is 18.9. The van der Waals surface area contributed by atoms with E-state index in [1.165, 1.54) is 12.1 Å². The molecule has 5 heteroatoms. The van der Waals surface area contributed by atoms with Crippen LogP contribution in [0.25, 0.3) is 0 Å². The maximum Gasteiger partial charge on any atom is 0.219 e. The molecule has 0 fully saturated rings. The van der Waals surface area contributed by atoms with Gasteiger partial charge in [0.15, 0.2) is 0 Å². The van der Waals surface area contributed by atoms with Gasteiger partial charge in [-0.2, -0.15) is 0 Å². The van der Waals surface area contributed by atoms with Gasteiger partial charge < -0.3 is 9.84 Å². The van der Waals surface area contributed by atoms with Crippen LogP contribution in [0.4, 0.5) is 4.39 Å². The smallest absolute Gasteiger partial charge is 0.219 e. The Morgan fingerprint density at radius 1 is 1.30 bits per heavy atom. The second-order valence-electron chi connectivity index (χ2n) is 4.73. The molecule has 0 aliphatic rings. The molecule has 2 rings (SSSR count). The first-order valence-electron chi connectivity index (χ1n) is 6.24. The largest absolute Gasteiger partial charge is 0.439 e. The lowest BCUT2D eigenvalue weighted by molar-refractivity contribution is 0.280. The highest BCUT2D eigenvalue weighted by atomic mass is 35.5. The standard InChI is InChI=1S/C15H15ClFNO2/c1-9(2)14-5-10(8-19)6-15(18-14)20-11-3-4-12(16)13(17)7-11/h3-7,9,19H,8H2,1-2H3. The number of nitrogens with zero attached hydrogens (tertiary/aromatic N) is 1. The minimum atomic E-state index is -0.549. The number of aliphatic hydroxyl groups excluding tert-OH is 1. The molecule has 1 aromatic carbocycles. The summed E-state index contributed by atoms with van der Waals surface area (Å²) in [7, 11) is 0. The quantitative estimate of drug-likeness (QED) is 0.915. The van der Waals surface area contributed by atoms with Gasteiger partial charge in [0.2, 0.25) is 5.88 Å². The van der Waals surface area contributed by atoms with Crippen LogP contribution >= 0.6 is 11.6 Å². The molecule has 0 saturated carbocycles. The summed E-state index contributed by atoms with van der Waals surface area (Å²) >= 11 is 5.62. The molecule has 0 amide bonds. The Kier molecular flexibility index (Phi) is 4.57. The van der Waals surface area contributed by atoms with Crippen molar-refractivity contribution in [1.82, 2.24) is 4.98 Å². The van der Waals surface area contributed by atoms with Crippen molar-refractivity contribution in [2.45, 2.75) is 26.4 Å². The van der Waals surface area contributed by atoms with Crippen molar-refractivity contribution in [2.75, 3.05) is 0 Å². The summed E-state index contributed by atoms with van der Waals surface area (Å²) in [5, 5.41) is 9.29. The molecule has 0 atom stereocenters. The van der Waals surface area contributed by atoms with E-state index in [2.05, 4.69) is 4.98 Å². The number of hydrogen-bond donors (Lipinski definition) is 1. The van der Waals surface area contributed by atoms with Crippen molar-refractivity contribution in [3.63, 3.8) is 0 Å². The van der Waals surface area contributed by atoms with E-state index in [0.717, 1.165) is 5.69 Å². The molecule has 3 nitrogen and oxygen atoms in total. The Balaban J connectivity index is 2.32. The summed E-state index contributed by atoms with van der Waals surface area (Å²) in [5.74, 6) is 0.281. The second-order valence-corrected chi connectivity index (χ2v) is 5.14. The van der Waals surface area contributed by atoms with Crippen molar-refractivity contribution in [1.29, 1.82) is 0 Å². The normalized spacial score (nSPS) is 10.9. The highest BCUT2D eigenvalue weighted by molar-refractivity contribution is 6.30. The van der Waals surface area contributed by atoms with Crippen molar-refractivity contribution in [3.8, 4) is 11.6 Å². The molecular formula is C15H15ClFNO2. The van der Waals surface area contributed by atoms with Crippen LogP contribution in [0.3, 0.4) is 0 Å². The van der Waals surface area contributed by atoms with E-state index >= 15 is 0 Å². The van der Waals surface area contributed by atoms with Crippen molar-refractivity contribution < 1.29 is 14.2 Å². The number of aromatic nitrogens is 1. The van der Waals surface area contributed by atoms with Crippen LogP contribution in [0, 0.1) is 5.82 Å². The Morgan fingerprint density at radius 3 is 2.65 bits per heavy atom. The van der Waals surface area contributed by atoms with Crippen LogP contribution in [0.2, 0.25) is 5.02 Å². The van der Waals surface area contributed by atoms with Gasteiger partial charge in [-0.15, -0.1) is 0 Å². The van der Waals surface area contributed by atoms with E-state index in [-0.39, 0.29) is 17.5 Å². The van der Waals surface area contributed by atoms with Crippen LogP contribution in [0.5, 0.6) is 11.6 Å². The minimum absolute atomic E-state index is 0.0392. The molecule has 0 bridgehead atoms. The lowest BCUT2D eigenvalue weighted by Gasteiger charge is -2.11.